The maximum absolute atomic E-state index is 12.5. The number of carbonyl (C=O) groups is 1. The van der Waals surface area contributed by atoms with Gasteiger partial charge in [0.1, 0.15) is 5.15 Å². The van der Waals surface area contributed by atoms with E-state index in [1.807, 2.05) is 4.90 Å². The van der Waals surface area contributed by atoms with Crippen LogP contribution >= 0.6 is 24.0 Å². The van der Waals surface area contributed by atoms with E-state index in [9.17, 15) is 4.79 Å². The number of halogens is 2. The van der Waals surface area contributed by atoms with Gasteiger partial charge in [-0.3, -0.25) is 9.69 Å². The Morgan fingerprint density at radius 2 is 2.33 bits per heavy atom. The fourth-order valence-corrected chi connectivity index (χ4v) is 3.09. The zero-order valence-electron chi connectivity index (χ0n) is 12.0. The Balaban J connectivity index is 0.00000161. The van der Waals surface area contributed by atoms with Crippen molar-refractivity contribution in [2.24, 2.45) is 0 Å². The van der Waals surface area contributed by atoms with Crippen molar-refractivity contribution in [2.75, 3.05) is 37.6 Å². The van der Waals surface area contributed by atoms with Gasteiger partial charge < -0.3 is 10.2 Å². The van der Waals surface area contributed by atoms with Gasteiger partial charge >= 0.3 is 0 Å². The number of rotatable bonds is 2. The van der Waals surface area contributed by atoms with Crippen molar-refractivity contribution in [1.82, 2.24) is 15.2 Å². The van der Waals surface area contributed by atoms with Gasteiger partial charge in [0, 0.05) is 38.4 Å². The van der Waals surface area contributed by atoms with Gasteiger partial charge in [0.05, 0.1) is 12.2 Å². The maximum atomic E-state index is 12.5. The molecule has 1 saturated heterocycles. The Kier molecular flexibility index (Phi) is 5.43. The Morgan fingerprint density at radius 3 is 3.10 bits per heavy atom. The van der Waals surface area contributed by atoms with Gasteiger partial charge in [0.2, 0.25) is 5.91 Å². The molecule has 7 heteroatoms. The van der Waals surface area contributed by atoms with Gasteiger partial charge in [-0.1, -0.05) is 11.6 Å². The first-order valence-corrected chi connectivity index (χ1v) is 7.42. The van der Waals surface area contributed by atoms with Gasteiger partial charge in [0.15, 0.2) is 0 Å². The second kappa shape index (κ2) is 6.92. The predicted octanol–water partition coefficient (Wildman–Crippen LogP) is 1.34. The summed E-state index contributed by atoms with van der Waals surface area (Å²) in [5, 5.41) is 3.83. The van der Waals surface area contributed by atoms with Crippen molar-refractivity contribution in [2.45, 2.75) is 19.4 Å². The molecule has 2 aliphatic heterocycles. The molecule has 3 rings (SSSR count). The highest BCUT2D eigenvalue weighted by Gasteiger charge is 2.27. The molecular formula is C14H20Cl2N4O. The van der Waals surface area contributed by atoms with Crippen molar-refractivity contribution < 1.29 is 4.79 Å². The standard InChI is InChI=1S/C14H19ClN4O.ClH/c1-10-8-18(5-3-16-10)9-14(20)19-4-2-11-7-17-13(15)6-12(11)19;/h6-7,10,16H,2-5,8-9H2,1H3;1H. The van der Waals surface area contributed by atoms with Crippen molar-refractivity contribution in [3.8, 4) is 0 Å². The van der Waals surface area contributed by atoms with E-state index in [1.54, 1.807) is 12.3 Å². The number of hydrogen-bond donors (Lipinski definition) is 1. The Bertz CT molecular complexity index is 526. The lowest BCUT2D eigenvalue weighted by molar-refractivity contribution is -0.119. The van der Waals surface area contributed by atoms with E-state index >= 15 is 0 Å². The fourth-order valence-electron chi connectivity index (χ4n) is 2.94. The average molecular weight is 331 g/mol. The van der Waals surface area contributed by atoms with E-state index in [2.05, 4.69) is 22.1 Å². The highest BCUT2D eigenvalue weighted by Crippen LogP contribution is 2.29. The van der Waals surface area contributed by atoms with Gasteiger partial charge in [-0.2, -0.15) is 0 Å². The monoisotopic (exact) mass is 330 g/mol. The van der Waals surface area contributed by atoms with Gasteiger partial charge in [-0.15, -0.1) is 12.4 Å². The zero-order valence-corrected chi connectivity index (χ0v) is 13.6. The van der Waals surface area contributed by atoms with Gasteiger partial charge in [-0.25, -0.2) is 4.98 Å². The molecule has 2 aliphatic rings. The third-order valence-corrected chi connectivity index (χ3v) is 4.14. The zero-order chi connectivity index (χ0) is 14.1. The second-order valence-electron chi connectivity index (χ2n) is 5.52. The molecule has 3 heterocycles. The average Bonchev–Trinajstić information content (AvgIpc) is 2.81. The summed E-state index contributed by atoms with van der Waals surface area (Å²) in [6.07, 6.45) is 2.64. The van der Waals surface area contributed by atoms with Crippen LogP contribution in [0.1, 0.15) is 12.5 Å². The van der Waals surface area contributed by atoms with Crippen LogP contribution in [-0.4, -0.2) is 54.6 Å². The maximum Gasteiger partial charge on any atom is 0.241 e. The van der Waals surface area contributed by atoms with Crippen LogP contribution < -0.4 is 10.2 Å². The molecule has 1 amide bonds. The Hall–Kier alpha value is -0.880. The highest BCUT2D eigenvalue weighted by atomic mass is 35.5. The number of piperazine rings is 1. The molecule has 0 spiro atoms. The van der Waals surface area contributed by atoms with Crippen LogP contribution in [0.3, 0.4) is 0 Å². The predicted molar refractivity (Wildman–Crippen MR) is 86.5 cm³/mol. The number of fused-ring (bicyclic) bond motifs is 1. The minimum Gasteiger partial charge on any atom is -0.312 e. The minimum atomic E-state index is 0. The SMILES string of the molecule is CC1CN(CC(=O)N2CCc3cnc(Cl)cc32)CCN1.Cl. The normalized spacial score (nSPS) is 21.8. The summed E-state index contributed by atoms with van der Waals surface area (Å²) >= 11 is 5.94. The van der Waals surface area contributed by atoms with Crippen LogP contribution in [0.4, 0.5) is 5.69 Å². The van der Waals surface area contributed by atoms with E-state index in [0.717, 1.165) is 43.9 Å². The smallest absolute Gasteiger partial charge is 0.241 e. The van der Waals surface area contributed by atoms with Crippen molar-refractivity contribution in [3.63, 3.8) is 0 Å². The van der Waals surface area contributed by atoms with Crippen LogP contribution in [-0.2, 0) is 11.2 Å². The summed E-state index contributed by atoms with van der Waals surface area (Å²) in [6.45, 7) is 6.15. The van der Waals surface area contributed by atoms with Gasteiger partial charge in [-0.05, 0) is 25.0 Å². The molecule has 1 fully saturated rings. The molecule has 0 aromatic carbocycles. The highest BCUT2D eigenvalue weighted by molar-refractivity contribution is 6.29. The summed E-state index contributed by atoms with van der Waals surface area (Å²) in [7, 11) is 0. The van der Waals surface area contributed by atoms with Gasteiger partial charge in [0.25, 0.3) is 0 Å². The molecule has 1 N–H and O–H groups in total. The molecule has 0 radical (unpaired) electrons. The minimum absolute atomic E-state index is 0. The third kappa shape index (κ3) is 3.66. The summed E-state index contributed by atoms with van der Waals surface area (Å²) in [4.78, 5) is 20.6. The number of pyridine rings is 1. The number of anilines is 1. The van der Waals surface area contributed by atoms with E-state index in [4.69, 9.17) is 11.6 Å². The van der Waals surface area contributed by atoms with Crippen molar-refractivity contribution >= 4 is 35.6 Å². The summed E-state index contributed by atoms with van der Waals surface area (Å²) < 4.78 is 0. The number of carbonyl (C=O) groups excluding carboxylic acids is 1. The molecule has 116 valence electrons. The Labute approximate surface area is 136 Å². The van der Waals surface area contributed by atoms with Crippen LogP contribution in [0.25, 0.3) is 0 Å². The van der Waals surface area contributed by atoms with Crippen LogP contribution in [0.15, 0.2) is 12.3 Å². The van der Waals surface area contributed by atoms with E-state index in [-0.39, 0.29) is 18.3 Å². The van der Waals surface area contributed by atoms with E-state index in [0.29, 0.717) is 17.7 Å². The first-order valence-electron chi connectivity index (χ1n) is 7.04. The van der Waals surface area contributed by atoms with Crippen LogP contribution in [0.2, 0.25) is 5.15 Å². The quantitative estimate of drug-likeness (QED) is 0.831. The van der Waals surface area contributed by atoms with E-state index in [1.165, 1.54) is 0 Å². The molecule has 21 heavy (non-hydrogen) atoms. The van der Waals surface area contributed by atoms with Crippen LogP contribution in [0, 0.1) is 0 Å². The molecule has 0 aliphatic carbocycles. The lowest BCUT2D eigenvalue weighted by Crippen LogP contribution is -2.52. The molecule has 5 nitrogen and oxygen atoms in total. The van der Waals surface area contributed by atoms with Crippen molar-refractivity contribution in [3.05, 3.63) is 23.0 Å². The summed E-state index contributed by atoms with van der Waals surface area (Å²) in [5.41, 5.74) is 2.04. The Morgan fingerprint density at radius 1 is 1.52 bits per heavy atom. The first-order chi connectivity index (χ1) is 9.63. The number of amides is 1. The molecule has 1 atom stereocenters. The number of aromatic nitrogens is 1. The first kappa shape index (κ1) is 16.5. The molecule has 1 aromatic rings. The van der Waals surface area contributed by atoms with Crippen LogP contribution in [0.5, 0.6) is 0 Å². The number of nitrogens with one attached hydrogen (secondary N) is 1. The summed E-state index contributed by atoms with van der Waals surface area (Å²) in [5.74, 6) is 0.153. The lowest BCUT2D eigenvalue weighted by Gasteiger charge is -2.32. The lowest BCUT2D eigenvalue weighted by atomic mass is 10.2. The molecule has 1 unspecified atom stereocenters. The second-order valence-corrected chi connectivity index (χ2v) is 5.91. The number of hydrogen-bond acceptors (Lipinski definition) is 4. The molecule has 0 bridgehead atoms. The van der Waals surface area contributed by atoms with E-state index < -0.39 is 0 Å². The largest absolute Gasteiger partial charge is 0.312 e. The molecular weight excluding hydrogens is 311 g/mol. The van der Waals surface area contributed by atoms with Crippen molar-refractivity contribution in [1.29, 1.82) is 0 Å². The topological polar surface area (TPSA) is 48.5 Å². The number of nitrogens with zero attached hydrogens (tertiary/aromatic N) is 3. The molecule has 0 saturated carbocycles. The molecule has 1 aromatic heterocycles. The third-order valence-electron chi connectivity index (χ3n) is 3.94. The summed E-state index contributed by atoms with van der Waals surface area (Å²) in [6, 6.07) is 2.24. The fraction of sp³-hybridized carbons (Fsp3) is 0.571.